The van der Waals surface area contributed by atoms with E-state index in [1.165, 1.54) is 0 Å². The van der Waals surface area contributed by atoms with Crippen molar-refractivity contribution in [1.29, 1.82) is 0 Å². The smallest absolute Gasteiger partial charge is 0.304 e. The van der Waals surface area contributed by atoms with E-state index in [1.54, 1.807) is 13.8 Å². The molecule has 100 valence electrons. The molecule has 0 aliphatic heterocycles. The SMILES string of the molecule is CCOP(=O)(OCC)C(Sc1ccccc1)=S=O. The Morgan fingerprint density at radius 1 is 1.17 bits per heavy atom. The van der Waals surface area contributed by atoms with Crippen molar-refractivity contribution in [2.45, 2.75) is 18.7 Å². The number of thioether (sulfide) groups is 1. The fraction of sp³-hybridized carbons (Fsp3) is 0.364. The second-order valence-corrected chi connectivity index (χ2v) is 7.58. The highest BCUT2D eigenvalue weighted by molar-refractivity contribution is 8.33. The Balaban J connectivity index is 2.95. The van der Waals surface area contributed by atoms with Crippen LogP contribution in [-0.2, 0) is 24.9 Å². The number of rotatable bonds is 6. The van der Waals surface area contributed by atoms with Crippen LogP contribution in [0.1, 0.15) is 13.8 Å². The Morgan fingerprint density at radius 2 is 1.72 bits per heavy atom. The first kappa shape index (κ1) is 15.7. The van der Waals surface area contributed by atoms with Gasteiger partial charge < -0.3 is 9.05 Å². The Labute approximate surface area is 115 Å². The monoisotopic (exact) mass is 306 g/mol. The van der Waals surface area contributed by atoms with E-state index in [0.29, 0.717) is 0 Å². The zero-order valence-electron chi connectivity index (χ0n) is 10.2. The third kappa shape index (κ3) is 4.37. The molecule has 0 atom stereocenters. The van der Waals surface area contributed by atoms with Gasteiger partial charge in [-0.05, 0) is 26.0 Å². The summed E-state index contributed by atoms with van der Waals surface area (Å²) in [5, 5.41) is 0. The van der Waals surface area contributed by atoms with Crippen molar-refractivity contribution < 1.29 is 17.8 Å². The first-order valence-corrected chi connectivity index (χ1v) is 8.55. The Morgan fingerprint density at radius 3 is 2.17 bits per heavy atom. The van der Waals surface area contributed by atoms with Gasteiger partial charge in [0.25, 0.3) is 0 Å². The van der Waals surface area contributed by atoms with Crippen LogP contribution in [-0.4, -0.2) is 21.4 Å². The summed E-state index contributed by atoms with van der Waals surface area (Å²) in [5.74, 6) is 0. The maximum absolute atomic E-state index is 12.4. The zero-order valence-corrected chi connectivity index (χ0v) is 12.7. The third-order valence-corrected chi connectivity index (χ3v) is 6.60. The fourth-order valence-corrected chi connectivity index (χ4v) is 4.84. The quantitative estimate of drug-likeness (QED) is 0.458. The van der Waals surface area contributed by atoms with Crippen LogP contribution < -0.4 is 0 Å². The Hall–Kier alpha value is -0.390. The van der Waals surface area contributed by atoms with Crippen LogP contribution in [0.15, 0.2) is 35.2 Å². The molecule has 1 aromatic carbocycles. The minimum absolute atomic E-state index is 0.123. The highest BCUT2D eigenvalue weighted by Crippen LogP contribution is 2.53. The van der Waals surface area contributed by atoms with Crippen LogP contribution in [0.4, 0.5) is 0 Å². The van der Waals surface area contributed by atoms with E-state index < -0.39 is 7.60 Å². The van der Waals surface area contributed by atoms with Crippen LogP contribution in [0, 0.1) is 0 Å². The van der Waals surface area contributed by atoms with Gasteiger partial charge in [0.2, 0.25) is 0 Å². The standard InChI is InChI=1S/C11H15O4PS2/c1-3-14-16(12,15-4-2)11(18-13)17-10-8-6-5-7-9-10/h5-9H,3-4H2,1-2H3. The molecule has 0 aromatic heterocycles. The van der Waals surface area contributed by atoms with E-state index in [2.05, 4.69) is 0 Å². The van der Waals surface area contributed by atoms with Crippen molar-refractivity contribution in [2.75, 3.05) is 13.2 Å². The normalized spacial score (nSPS) is 11.2. The molecule has 0 aliphatic rings. The molecule has 1 rings (SSSR count). The number of hydrogen-bond donors (Lipinski definition) is 0. The molecule has 7 heteroatoms. The molecule has 0 radical (unpaired) electrons. The van der Waals surface area contributed by atoms with Crippen LogP contribution in [0.5, 0.6) is 0 Å². The summed E-state index contributed by atoms with van der Waals surface area (Å²) >= 11 is 1.30. The molecule has 0 aliphatic carbocycles. The van der Waals surface area contributed by atoms with Gasteiger partial charge in [0.05, 0.1) is 13.2 Å². The zero-order chi connectivity index (χ0) is 13.4. The van der Waals surface area contributed by atoms with Gasteiger partial charge in [0.15, 0.2) is 3.94 Å². The minimum atomic E-state index is -3.46. The van der Waals surface area contributed by atoms with Crippen LogP contribution >= 0.6 is 19.4 Å². The number of benzene rings is 1. The van der Waals surface area contributed by atoms with Gasteiger partial charge in [-0.15, -0.1) is 0 Å². The molecule has 0 bridgehead atoms. The van der Waals surface area contributed by atoms with Gasteiger partial charge in [-0.1, -0.05) is 30.0 Å². The van der Waals surface area contributed by atoms with Crippen LogP contribution in [0.2, 0.25) is 0 Å². The number of hydrogen-bond acceptors (Lipinski definition) is 5. The minimum Gasteiger partial charge on any atom is -0.304 e. The van der Waals surface area contributed by atoms with E-state index in [0.717, 1.165) is 16.7 Å². The molecule has 0 saturated carbocycles. The molecule has 0 N–H and O–H groups in total. The molecular weight excluding hydrogens is 291 g/mol. The largest absolute Gasteiger partial charge is 0.381 e. The first-order valence-electron chi connectivity index (χ1n) is 5.45. The topological polar surface area (TPSA) is 52.6 Å². The van der Waals surface area contributed by atoms with E-state index in [9.17, 15) is 8.77 Å². The molecule has 0 unspecified atom stereocenters. The molecule has 0 saturated heterocycles. The molecule has 1 aromatic rings. The Bertz CT molecular complexity index is 461. The predicted octanol–water partition coefficient (Wildman–Crippen LogP) is 3.35. The second-order valence-electron chi connectivity index (χ2n) is 3.10. The molecular formula is C11H15O4PS2. The summed E-state index contributed by atoms with van der Waals surface area (Å²) < 4.78 is 34.0. The van der Waals surface area contributed by atoms with E-state index in [4.69, 9.17) is 9.05 Å². The molecule has 0 heterocycles. The molecule has 0 fully saturated rings. The van der Waals surface area contributed by atoms with Gasteiger partial charge in [0.1, 0.15) is 11.3 Å². The first-order chi connectivity index (χ1) is 8.66. The van der Waals surface area contributed by atoms with Gasteiger partial charge in [-0.3, -0.25) is 4.57 Å². The lowest BCUT2D eigenvalue weighted by Crippen LogP contribution is -2.04. The van der Waals surface area contributed by atoms with Crippen LogP contribution in [0.3, 0.4) is 0 Å². The maximum atomic E-state index is 12.4. The molecule has 18 heavy (non-hydrogen) atoms. The summed E-state index contributed by atoms with van der Waals surface area (Å²) in [6, 6.07) is 9.24. The van der Waals surface area contributed by atoms with Crippen molar-refractivity contribution in [3.63, 3.8) is 0 Å². The van der Waals surface area contributed by atoms with E-state index in [1.807, 2.05) is 30.3 Å². The summed E-state index contributed by atoms with van der Waals surface area (Å²) in [6.07, 6.45) is 0. The summed E-state index contributed by atoms with van der Waals surface area (Å²) in [5.41, 5.74) is 0. The summed E-state index contributed by atoms with van der Waals surface area (Å²) in [6.45, 7) is 3.89. The molecule has 4 nitrogen and oxygen atoms in total. The highest BCUT2D eigenvalue weighted by Gasteiger charge is 2.32. The maximum Gasteiger partial charge on any atom is 0.381 e. The second kappa shape index (κ2) is 7.92. The van der Waals surface area contributed by atoms with Crippen molar-refractivity contribution in [2.24, 2.45) is 0 Å². The highest BCUT2D eigenvalue weighted by atomic mass is 32.2. The van der Waals surface area contributed by atoms with Crippen LogP contribution in [0.25, 0.3) is 0 Å². The van der Waals surface area contributed by atoms with Crippen molar-refractivity contribution in [1.82, 2.24) is 0 Å². The molecule has 0 amide bonds. The lowest BCUT2D eigenvalue weighted by Gasteiger charge is -2.16. The van der Waals surface area contributed by atoms with Gasteiger partial charge in [-0.25, -0.2) is 4.21 Å². The van der Waals surface area contributed by atoms with E-state index in [-0.39, 0.29) is 28.4 Å². The van der Waals surface area contributed by atoms with Crippen molar-refractivity contribution >= 4 is 34.6 Å². The average Bonchev–Trinajstić information content (AvgIpc) is 2.37. The van der Waals surface area contributed by atoms with Crippen molar-refractivity contribution in [3.8, 4) is 0 Å². The van der Waals surface area contributed by atoms with E-state index >= 15 is 0 Å². The predicted molar refractivity (Wildman–Crippen MR) is 76.3 cm³/mol. The fourth-order valence-electron chi connectivity index (χ4n) is 1.19. The molecule has 0 spiro atoms. The average molecular weight is 306 g/mol. The van der Waals surface area contributed by atoms with Crippen molar-refractivity contribution in [3.05, 3.63) is 30.3 Å². The van der Waals surface area contributed by atoms with Gasteiger partial charge >= 0.3 is 7.60 Å². The van der Waals surface area contributed by atoms with Gasteiger partial charge in [-0.2, -0.15) is 0 Å². The summed E-state index contributed by atoms with van der Waals surface area (Å²) in [7, 11) is -3.46. The van der Waals surface area contributed by atoms with Gasteiger partial charge in [0, 0.05) is 4.90 Å². The Kier molecular flexibility index (Phi) is 6.89. The summed E-state index contributed by atoms with van der Waals surface area (Å²) in [4.78, 5) is 0.829. The third-order valence-electron chi connectivity index (χ3n) is 1.84. The lowest BCUT2D eigenvalue weighted by atomic mass is 10.4. The lowest BCUT2D eigenvalue weighted by molar-refractivity contribution is 0.233.